The fourth-order valence-electron chi connectivity index (χ4n) is 0. The number of Topliss-reactive ketones (excluding diaryl/α,β-unsaturated/α-hetero) is 2. The number of ketones is 2. The Morgan fingerprint density at radius 3 is 0.778 bits per heavy atom. The fraction of sp³-hybridized carbons (Fsp3) is 0.667. The van der Waals surface area contributed by atoms with Gasteiger partial charge in [0.05, 0.1) is 0 Å². The van der Waals surface area contributed by atoms with Gasteiger partial charge in [-0.1, -0.05) is 0 Å². The zero-order chi connectivity index (χ0) is 7.15. The van der Waals surface area contributed by atoms with Crippen LogP contribution in [0.4, 0.5) is 0 Å². The minimum Gasteiger partial charge on any atom is -0.300 e. The van der Waals surface area contributed by atoms with E-state index in [1.165, 1.54) is 27.7 Å². The zero-order valence-corrected chi connectivity index (χ0v) is 7.66. The molecule has 0 spiro atoms. The van der Waals surface area contributed by atoms with Crippen molar-refractivity contribution in [2.75, 3.05) is 0 Å². The van der Waals surface area contributed by atoms with Crippen LogP contribution in [0.15, 0.2) is 0 Å². The molecule has 9 heavy (non-hydrogen) atoms. The summed E-state index contributed by atoms with van der Waals surface area (Å²) in [7, 11) is 0. The zero-order valence-electron chi connectivity index (χ0n) is 6.26. The van der Waals surface area contributed by atoms with Gasteiger partial charge in [-0.2, -0.15) is 0 Å². The van der Waals surface area contributed by atoms with Gasteiger partial charge in [-0.15, -0.1) is 0 Å². The summed E-state index contributed by atoms with van der Waals surface area (Å²) in [5, 5.41) is 0. The van der Waals surface area contributed by atoms with Gasteiger partial charge in [0.1, 0.15) is 11.6 Å². The van der Waals surface area contributed by atoms with Crippen molar-refractivity contribution in [2.45, 2.75) is 27.7 Å². The maximum atomic E-state index is 9.44. The normalized spacial score (nSPS) is 5.78. The van der Waals surface area contributed by atoms with E-state index in [0.29, 0.717) is 0 Å². The largest absolute Gasteiger partial charge is 0.300 e. The molecule has 0 aromatic carbocycles. The minimum absolute atomic E-state index is 0. The quantitative estimate of drug-likeness (QED) is 0.543. The van der Waals surface area contributed by atoms with Gasteiger partial charge in [-0.05, 0) is 27.7 Å². The maximum absolute atomic E-state index is 9.44. The Morgan fingerprint density at radius 2 is 0.778 bits per heavy atom. The Balaban J connectivity index is -0.0000000720. The fourth-order valence-corrected chi connectivity index (χ4v) is 0. The van der Waals surface area contributed by atoms with E-state index in [4.69, 9.17) is 0 Å². The van der Waals surface area contributed by atoms with E-state index in [-0.39, 0.29) is 30.1 Å². The molecule has 0 aliphatic carbocycles. The molecular formula is C6H12O2V. The first-order chi connectivity index (χ1) is 3.46. The van der Waals surface area contributed by atoms with Crippen LogP contribution in [0.2, 0.25) is 0 Å². The summed E-state index contributed by atoms with van der Waals surface area (Å²) >= 11 is 0. The van der Waals surface area contributed by atoms with Crippen molar-refractivity contribution in [3.8, 4) is 0 Å². The Hall–Kier alpha value is -0.0756. The number of hydrogen-bond donors (Lipinski definition) is 0. The van der Waals surface area contributed by atoms with Crippen LogP contribution >= 0.6 is 0 Å². The van der Waals surface area contributed by atoms with Crippen LogP contribution in [0.25, 0.3) is 0 Å². The van der Waals surface area contributed by atoms with Gasteiger partial charge in [0.25, 0.3) is 0 Å². The molecule has 0 aromatic heterocycles. The van der Waals surface area contributed by atoms with Gasteiger partial charge in [0.2, 0.25) is 0 Å². The summed E-state index contributed by atoms with van der Waals surface area (Å²) in [6.45, 7) is 6.11. The van der Waals surface area contributed by atoms with Crippen LogP contribution in [-0.2, 0) is 28.1 Å². The van der Waals surface area contributed by atoms with Crippen LogP contribution in [0.5, 0.6) is 0 Å². The molecule has 0 amide bonds. The van der Waals surface area contributed by atoms with Crippen molar-refractivity contribution < 1.29 is 28.1 Å². The molecule has 0 bridgehead atoms. The third-order valence-electron chi connectivity index (χ3n) is 0. The molecule has 0 atom stereocenters. The van der Waals surface area contributed by atoms with E-state index < -0.39 is 0 Å². The average Bonchev–Trinajstić information content (AvgIpc) is 1.25. The minimum atomic E-state index is 0. The van der Waals surface area contributed by atoms with E-state index in [1.54, 1.807) is 0 Å². The molecule has 1 radical (unpaired) electrons. The average molecular weight is 167 g/mol. The topological polar surface area (TPSA) is 34.1 Å². The maximum Gasteiger partial charge on any atom is 0.126 e. The van der Waals surface area contributed by atoms with Crippen molar-refractivity contribution in [3.05, 3.63) is 0 Å². The van der Waals surface area contributed by atoms with Gasteiger partial charge >= 0.3 is 0 Å². The summed E-state index contributed by atoms with van der Waals surface area (Å²) < 4.78 is 0. The number of hydrogen-bond acceptors (Lipinski definition) is 2. The first-order valence-electron chi connectivity index (χ1n) is 2.41. The number of rotatable bonds is 0. The predicted molar refractivity (Wildman–Crippen MR) is 32.7 cm³/mol. The summed E-state index contributed by atoms with van der Waals surface area (Å²) in [6, 6.07) is 0. The van der Waals surface area contributed by atoms with Crippen molar-refractivity contribution in [1.29, 1.82) is 0 Å². The van der Waals surface area contributed by atoms with Crippen molar-refractivity contribution >= 4 is 11.6 Å². The molecule has 0 aliphatic rings. The molecule has 0 aromatic rings. The molecule has 0 fully saturated rings. The third kappa shape index (κ3) is 48700. The van der Waals surface area contributed by atoms with Crippen LogP contribution in [-0.4, -0.2) is 11.6 Å². The molecule has 0 N–H and O–H groups in total. The second-order valence-electron chi connectivity index (χ2n) is 1.82. The van der Waals surface area contributed by atoms with Crippen LogP contribution in [0, 0.1) is 0 Å². The van der Waals surface area contributed by atoms with E-state index in [9.17, 15) is 9.59 Å². The molecule has 2 nitrogen and oxygen atoms in total. The van der Waals surface area contributed by atoms with Gasteiger partial charge < -0.3 is 9.59 Å². The molecule has 0 aliphatic heterocycles. The summed E-state index contributed by atoms with van der Waals surface area (Å²) in [5.41, 5.74) is 0. The second-order valence-corrected chi connectivity index (χ2v) is 1.82. The second kappa shape index (κ2) is 10.8. The van der Waals surface area contributed by atoms with E-state index in [1.807, 2.05) is 0 Å². The van der Waals surface area contributed by atoms with Gasteiger partial charge in [0.15, 0.2) is 0 Å². The monoisotopic (exact) mass is 167 g/mol. The summed E-state index contributed by atoms with van der Waals surface area (Å²) in [5.74, 6) is 0.333. The van der Waals surface area contributed by atoms with Gasteiger partial charge in [-0.25, -0.2) is 0 Å². The molecule has 0 heterocycles. The van der Waals surface area contributed by atoms with Crippen LogP contribution in [0.3, 0.4) is 0 Å². The standard InChI is InChI=1S/2C3H6O.V/c2*1-3(2)4;/h2*1-2H3;. The van der Waals surface area contributed by atoms with Crippen LogP contribution < -0.4 is 0 Å². The molecule has 0 rings (SSSR count). The SMILES string of the molecule is CC(C)=O.CC(C)=O.[V]. The summed E-state index contributed by atoms with van der Waals surface area (Å²) in [4.78, 5) is 18.9. The Labute approximate surface area is 67.9 Å². The van der Waals surface area contributed by atoms with E-state index >= 15 is 0 Å². The number of carbonyl (C=O) groups excluding carboxylic acids is 2. The van der Waals surface area contributed by atoms with Crippen molar-refractivity contribution in [1.82, 2.24) is 0 Å². The van der Waals surface area contributed by atoms with Crippen LogP contribution in [0.1, 0.15) is 27.7 Å². The molecule has 3 heteroatoms. The molecular weight excluding hydrogens is 155 g/mol. The van der Waals surface area contributed by atoms with Gasteiger partial charge in [-0.3, -0.25) is 0 Å². The van der Waals surface area contributed by atoms with E-state index in [0.717, 1.165) is 0 Å². The van der Waals surface area contributed by atoms with Crippen molar-refractivity contribution in [2.24, 2.45) is 0 Å². The smallest absolute Gasteiger partial charge is 0.126 e. The first-order valence-corrected chi connectivity index (χ1v) is 2.41. The summed E-state index contributed by atoms with van der Waals surface area (Å²) in [6.07, 6.45) is 0. The molecule has 0 saturated heterocycles. The number of carbonyl (C=O) groups is 2. The Kier molecular flexibility index (Phi) is 19.2. The third-order valence-corrected chi connectivity index (χ3v) is 0. The molecule has 0 saturated carbocycles. The van der Waals surface area contributed by atoms with E-state index in [2.05, 4.69) is 0 Å². The Morgan fingerprint density at radius 1 is 0.778 bits per heavy atom. The Bertz CT molecular complexity index is 69.1. The molecule has 0 unspecified atom stereocenters. The first kappa shape index (κ1) is 16.0. The van der Waals surface area contributed by atoms with Gasteiger partial charge in [0, 0.05) is 18.6 Å². The molecule has 53 valence electrons. The predicted octanol–water partition coefficient (Wildman–Crippen LogP) is 1.19. The van der Waals surface area contributed by atoms with Crippen molar-refractivity contribution in [3.63, 3.8) is 0 Å².